The van der Waals surface area contributed by atoms with Gasteiger partial charge in [-0.25, -0.2) is 4.79 Å². The summed E-state index contributed by atoms with van der Waals surface area (Å²) in [5.74, 6) is -0.276. The van der Waals surface area contributed by atoms with Crippen molar-refractivity contribution in [1.29, 1.82) is 0 Å². The van der Waals surface area contributed by atoms with Crippen molar-refractivity contribution < 1.29 is 19.4 Å². The summed E-state index contributed by atoms with van der Waals surface area (Å²) in [6.07, 6.45) is -0.486. The molecule has 0 aliphatic carbocycles. The predicted molar refractivity (Wildman–Crippen MR) is 63.8 cm³/mol. The lowest BCUT2D eigenvalue weighted by molar-refractivity contribution is -0.123. The van der Waals surface area contributed by atoms with Crippen molar-refractivity contribution in [3.8, 4) is 0 Å². The van der Waals surface area contributed by atoms with E-state index in [0.29, 0.717) is 13.1 Å². The van der Waals surface area contributed by atoms with E-state index in [1.54, 1.807) is 27.7 Å². The monoisotopic (exact) mass is 246 g/mol. The number of aliphatic hydroxyl groups is 1. The topological polar surface area (TPSA) is 87.7 Å². The second-order valence-electron chi connectivity index (χ2n) is 4.73. The van der Waals surface area contributed by atoms with E-state index in [1.165, 1.54) is 0 Å². The van der Waals surface area contributed by atoms with E-state index in [9.17, 15) is 9.59 Å². The van der Waals surface area contributed by atoms with Crippen LogP contribution in [0, 0.1) is 0 Å². The van der Waals surface area contributed by atoms with E-state index in [2.05, 4.69) is 10.6 Å². The van der Waals surface area contributed by atoms with Gasteiger partial charge in [0, 0.05) is 13.1 Å². The predicted octanol–water partition coefficient (Wildman–Crippen LogP) is 0.0506. The lowest BCUT2D eigenvalue weighted by Crippen LogP contribution is -2.41. The second kappa shape index (κ2) is 7.24. The van der Waals surface area contributed by atoms with Crippen LogP contribution in [-0.4, -0.2) is 48.3 Å². The molecule has 0 bridgehead atoms. The van der Waals surface area contributed by atoms with Gasteiger partial charge in [-0.3, -0.25) is 4.79 Å². The highest BCUT2D eigenvalue weighted by molar-refractivity contribution is 5.84. The number of nitrogens with one attached hydrogen (secondary N) is 2. The van der Waals surface area contributed by atoms with Gasteiger partial charge in [-0.05, 0) is 27.7 Å². The molecule has 0 saturated heterocycles. The van der Waals surface area contributed by atoms with Crippen LogP contribution in [0.1, 0.15) is 27.7 Å². The zero-order valence-corrected chi connectivity index (χ0v) is 10.9. The molecule has 100 valence electrons. The normalized spacial score (nSPS) is 13.0. The molecular formula is C11H22N2O4. The molecule has 0 aromatic heterocycles. The van der Waals surface area contributed by atoms with Crippen LogP contribution >= 0.6 is 0 Å². The highest BCUT2D eigenvalue weighted by Crippen LogP contribution is 2.05. The number of rotatable bonds is 6. The van der Waals surface area contributed by atoms with Crippen molar-refractivity contribution in [3.05, 3.63) is 0 Å². The van der Waals surface area contributed by atoms with Gasteiger partial charge >= 0.3 is 6.09 Å². The molecule has 0 aromatic rings. The average molecular weight is 246 g/mol. The third-order valence-corrected chi connectivity index (χ3v) is 1.88. The van der Waals surface area contributed by atoms with Gasteiger partial charge in [0.1, 0.15) is 12.2 Å². The van der Waals surface area contributed by atoms with Gasteiger partial charge in [0.25, 0.3) is 0 Å². The molecule has 0 aliphatic rings. The number of hydrogen-bond acceptors (Lipinski definition) is 5. The van der Waals surface area contributed by atoms with E-state index < -0.39 is 24.3 Å². The third-order valence-electron chi connectivity index (χ3n) is 1.88. The van der Waals surface area contributed by atoms with Crippen molar-refractivity contribution in [2.24, 2.45) is 0 Å². The van der Waals surface area contributed by atoms with Gasteiger partial charge in [0.05, 0.1) is 6.04 Å². The van der Waals surface area contributed by atoms with E-state index in [0.717, 1.165) is 0 Å². The Morgan fingerprint density at radius 1 is 1.29 bits per heavy atom. The Morgan fingerprint density at radius 2 is 1.88 bits per heavy atom. The molecule has 0 aliphatic heterocycles. The lowest BCUT2D eigenvalue weighted by Gasteiger charge is -2.20. The number of carbonyl (C=O) groups is 2. The van der Waals surface area contributed by atoms with Gasteiger partial charge in [0.15, 0.2) is 5.78 Å². The fraction of sp³-hybridized carbons (Fsp3) is 0.818. The molecule has 6 heteroatoms. The molecule has 0 saturated carbocycles. The van der Waals surface area contributed by atoms with E-state index in [4.69, 9.17) is 9.84 Å². The van der Waals surface area contributed by atoms with Crippen molar-refractivity contribution in [1.82, 2.24) is 10.6 Å². The minimum Gasteiger partial charge on any atom is -0.444 e. The summed E-state index contributed by atoms with van der Waals surface area (Å²) >= 11 is 0. The molecule has 0 aromatic carbocycles. The molecule has 6 nitrogen and oxygen atoms in total. The number of carbonyl (C=O) groups excluding carboxylic acids is 2. The third kappa shape index (κ3) is 8.65. The van der Waals surface area contributed by atoms with Crippen LogP contribution in [0.5, 0.6) is 0 Å². The van der Waals surface area contributed by atoms with Crippen LogP contribution < -0.4 is 10.6 Å². The van der Waals surface area contributed by atoms with Crippen molar-refractivity contribution in [3.63, 3.8) is 0 Å². The first-order chi connectivity index (χ1) is 7.76. The van der Waals surface area contributed by atoms with E-state index in [-0.39, 0.29) is 5.78 Å². The summed E-state index contributed by atoms with van der Waals surface area (Å²) in [7, 11) is 0. The maximum Gasteiger partial charge on any atom is 0.407 e. The van der Waals surface area contributed by atoms with E-state index >= 15 is 0 Å². The van der Waals surface area contributed by atoms with Crippen LogP contribution in [0.4, 0.5) is 4.79 Å². The smallest absolute Gasteiger partial charge is 0.407 e. The van der Waals surface area contributed by atoms with Crippen LogP contribution in [0.3, 0.4) is 0 Å². The number of ether oxygens (including phenoxy) is 1. The van der Waals surface area contributed by atoms with Crippen molar-refractivity contribution >= 4 is 11.9 Å². The van der Waals surface area contributed by atoms with Crippen molar-refractivity contribution in [2.45, 2.75) is 39.3 Å². The number of hydrogen-bond donors (Lipinski definition) is 3. The Balaban J connectivity index is 3.65. The molecule has 0 heterocycles. The summed E-state index contributed by atoms with van der Waals surface area (Å²) in [6.45, 7) is 7.33. The first-order valence-electron chi connectivity index (χ1n) is 5.60. The van der Waals surface area contributed by atoms with E-state index in [1.807, 2.05) is 0 Å². The Bertz CT molecular complexity index is 261. The van der Waals surface area contributed by atoms with Crippen molar-refractivity contribution in [2.75, 3.05) is 19.7 Å². The highest BCUT2D eigenvalue weighted by Gasteiger charge is 2.15. The molecule has 0 radical (unpaired) electrons. The molecule has 0 fully saturated rings. The van der Waals surface area contributed by atoms with Gasteiger partial charge in [-0.15, -0.1) is 0 Å². The van der Waals surface area contributed by atoms with Crippen LogP contribution in [0.2, 0.25) is 0 Å². The van der Waals surface area contributed by atoms with Crippen LogP contribution in [-0.2, 0) is 9.53 Å². The zero-order valence-electron chi connectivity index (χ0n) is 10.9. The fourth-order valence-corrected chi connectivity index (χ4v) is 1.02. The number of aliphatic hydroxyl groups excluding tert-OH is 1. The minimum atomic E-state index is -0.516. The van der Waals surface area contributed by atoms with Crippen LogP contribution in [0.15, 0.2) is 0 Å². The Morgan fingerprint density at radius 3 is 2.35 bits per heavy atom. The quantitative estimate of drug-likeness (QED) is 0.576. The summed E-state index contributed by atoms with van der Waals surface area (Å²) < 4.78 is 5.03. The highest BCUT2D eigenvalue weighted by atomic mass is 16.6. The summed E-state index contributed by atoms with van der Waals surface area (Å²) in [4.78, 5) is 22.2. The van der Waals surface area contributed by atoms with Gasteiger partial charge in [0.2, 0.25) is 0 Å². The molecule has 0 spiro atoms. The van der Waals surface area contributed by atoms with Crippen LogP contribution in [0.25, 0.3) is 0 Å². The average Bonchev–Trinajstić information content (AvgIpc) is 2.20. The molecular weight excluding hydrogens is 224 g/mol. The number of ketones is 1. The number of Topliss-reactive ketones (excluding diaryl/α,β-unsaturated/α-hetero) is 1. The van der Waals surface area contributed by atoms with Gasteiger partial charge in [-0.1, -0.05) is 0 Å². The Hall–Kier alpha value is -1.14. The molecule has 17 heavy (non-hydrogen) atoms. The Labute approximate surface area is 102 Å². The minimum absolute atomic E-state index is 0.276. The maximum atomic E-state index is 11.2. The second-order valence-corrected chi connectivity index (χ2v) is 4.73. The Kier molecular flexibility index (Phi) is 6.75. The first kappa shape index (κ1) is 15.9. The first-order valence-corrected chi connectivity index (χ1v) is 5.60. The maximum absolute atomic E-state index is 11.2. The molecule has 1 atom stereocenters. The number of amides is 1. The molecule has 0 unspecified atom stereocenters. The molecule has 0 rings (SSSR count). The summed E-state index contributed by atoms with van der Waals surface area (Å²) in [6, 6.07) is -0.416. The zero-order chi connectivity index (χ0) is 13.5. The SMILES string of the molecule is C[C@H](NCCNC(=O)OC(C)(C)C)C(=O)CO. The largest absolute Gasteiger partial charge is 0.444 e. The standard InChI is InChI=1S/C11H22N2O4/c1-8(9(15)7-14)12-5-6-13-10(16)17-11(2,3)4/h8,12,14H,5-7H2,1-4H3,(H,13,16)/t8-/m0/s1. The van der Waals surface area contributed by atoms with Gasteiger partial charge < -0.3 is 20.5 Å². The number of alkyl carbamates (subject to hydrolysis) is 1. The summed E-state index contributed by atoms with van der Waals surface area (Å²) in [5.41, 5.74) is -0.516. The molecule has 1 amide bonds. The lowest BCUT2D eigenvalue weighted by atomic mass is 10.2. The fourth-order valence-electron chi connectivity index (χ4n) is 1.02. The summed E-state index contributed by atoms with van der Waals surface area (Å²) in [5, 5.41) is 14.0. The molecule has 3 N–H and O–H groups in total. The van der Waals surface area contributed by atoms with Gasteiger partial charge in [-0.2, -0.15) is 0 Å².